The number of phenols is 1. The Morgan fingerprint density at radius 2 is 1.75 bits per heavy atom. The first-order chi connectivity index (χ1) is 19.1. The number of fused-ring (bicyclic) bond motifs is 3. The van der Waals surface area contributed by atoms with E-state index in [-0.39, 0.29) is 52.7 Å². The van der Waals surface area contributed by atoms with Gasteiger partial charge in [-0.3, -0.25) is 34.2 Å². The fourth-order valence-electron chi connectivity index (χ4n) is 6.59. The Labute approximate surface area is 228 Å². The van der Waals surface area contributed by atoms with Crippen molar-refractivity contribution in [3.63, 3.8) is 0 Å². The lowest BCUT2D eigenvalue weighted by Gasteiger charge is -2.42. The highest BCUT2D eigenvalue weighted by Crippen LogP contribution is 2.56. The van der Waals surface area contributed by atoms with Gasteiger partial charge in [0, 0.05) is 46.4 Å². The first-order valence-corrected chi connectivity index (χ1v) is 12.8. The number of ether oxygens (including phenoxy) is 1. The summed E-state index contributed by atoms with van der Waals surface area (Å²) in [6.45, 7) is 1.58. The number of Topliss-reactive ketones (excluding diaryl/α,β-unsaturated/α-hetero) is 1. The van der Waals surface area contributed by atoms with E-state index in [0.717, 1.165) is 4.90 Å². The molecule has 1 heterocycles. The van der Waals surface area contributed by atoms with Crippen LogP contribution in [-0.2, 0) is 19.2 Å². The molecule has 4 aliphatic rings. The second kappa shape index (κ2) is 9.11. The molecule has 4 atom stereocenters. The third kappa shape index (κ3) is 3.63. The number of carbonyl (C=O) groups excluding carboxylic acids is 4. The molecule has 1 saturated heterocycles. The van der Waals surface area contributed by atoms with Crippen molar-refractivity contribution >= 4 is 34.8 Å². The second-order valence-electron chi connectivity index (χ2n) is 10.4. The van der Waals surface area contributed by atoms with Gasteiger partial charge in [-0.25, -0.2) is 0 Å². The van der Waals surface area contributed by atoms with Gasteiger partial charge in [0.05, 0.1) is 29.6 Å². The molecule has 2 aromatic carbocycles. The minimum atomic E-state index is -0.797. The van der Waals surface area contributed by atoms with Crippen LogP contribution in [0.2, 0.25) is 0 Å². The number of aromatic hydroxyl groups is 1. The molecule has 0 radical (unpaired) electrons. The monoisotopic (exact) mass is 540 g/mol. The lowest BCUT2D eigenvalue weighted by Crippen LogP contribution is -2.39. The van der Waals surface area contributed by atoms with Gasteiger partial charge in [-0.05, 0) is 50.0 Å². The molecule has 1 N–H and O–H groups in total. The first-order valence-electron chi connectivity index (χ1n) is 12.8. The van der Waals surface area contributed by atoms with E-state index in [1.807, 2.05) is 6.08 Å². The predicted octanol–water partition coefficient (Wildman–Crippen LogP) is 3.94. The summed E-state index contributed by atoms with van der Waals surface area (Å²) in [4.78, 5) is 65.7. The zero-order valence-electron chi connectivity index (χ0n) is 21.6. The van der Waals surface area contributed by atoms with Gasteiger partial charge in [-0.15, -0.1) is 0 Å². The van der Waals surface area contributed by atoms with Crippen molar-refractivity contribution < 1.29 is 33.9 Å². The number of nitro benzene ring substituents is 1. The molecule has 0 spiro atoms. The van der Waals surface area contributed by atoms with Gasteiger partial charge < -0.3 is 9.84 Å². The van der Waals surface area contributed by atoms with Gasteiger partial charge in [0.15, 0.2) is 11.6 Å². The van der Waals surface area contributed by atoms with Gasteiger partial charge in [0.2, 0.25) is 11.8 Å². The number of allylic oxidation sites excluding steroid dienone is 6. The maximum Gasteiger partial charge on any atom is 0.269 e. The lowest BCUT2D eigenvalue weighted by atomic mass is 9.59. The average molecular weight is 541 g/mol. The Balaban J connectivity index is 1.46. The van der Waals surface area contributed by atoms with E-state index in [0.29, 0.717) is 22.5 Å². The smallest absolute Gasteiger partial charge is 0.269 e. The second-order valence-corrected chi connectivity index (χ2v) is 10.4. The minimum absolute atomic E-state index is 0.108. The number of phenolic OH excluding ortho intramolecular Hbond substituents is 1. The normalized spacial score (nSPS) is 25.7. The van der Waals surface area contributed by atoms with Crippen molar-refractivity contribution in [1.29, 1.82) is 0 Å². The van der Waals surface area contributed by atoms with Crippen LogP contribution in [0.1, 0.15) is 31.2 Å². The molecule has 1 aliphatic heterocycles. The molecule has 0 aromatic heterocycles. The van der Waals surface area contributed by atoms with E-state index in [1.54, 1.807) is 19.1 Å². The summed E-state index contributed by atoms with van der Waals surface area (Å²) in [7, 11) is 1.46. The van der Waals surface area contributed by atoms with Crippen LogP contribution in [0, 0.1) is 27.9 Å². The number of hydrogen-bond acceptors (Lipinski definition) is 8. The number of amides is 2. The van der Waals surface area contributed by atoms with Crippen LogP contribution in [-0.4, -0.2) is 40.5 Å². The predicted molar refractivity (Wildman–Crippen MR) is 142 cm³/mol. The third-order valence-electron chi connectivity index (χ3n) is 8.43. The van der Waals surface area contributed by atoms with E-state index < -0.39 is 40.4 Å². The highest BCUT2D eigenvalue weighted by molar-refractivity contribution is 6.25. The van der Waals surface area contributed by atoms with Gasteiger partial charge >= 0.3 is 0 Å². The Kier molecular flexibility index (Phi) is 5.79. The zero-order chi connectivity index (χ0) is 28.5. The average Bonchev–Trinajstić information content (AvgIpc) is 3.20. The summed E-state index contributed by atoms with van der Waals surface area (Å²) < 4.78 is 5.22. The molecule has 4 unspecified atom stereocenters. The van der Waals surface area contributed by atoms with Crippen molar-refractivity contribution in [2.75, 3.05) is 12.0 Å². The Bertz CT molecular complexity index is 1630. The Morgan fingerprint density at radius 3 is 2.40 bits per heavy atom. The maximum atomic E-state index is 13.9. The molecular formula is C30H24N2O8. The van der Waals surface area contributed by atoms with Crippen molar-refractivity contribution in [2.45, 2.75) is 25.7 Å². The van der Waals surface area contributed by atoms with E-state index >= 15 is 0 Å². The molecule has 0 bridgehead atoms. The van der Waals surface area contributed by atoms with Crippen LogP contribution in [0.25, 0.3) is 0 Å². The number of nitrogens with zero attached hydrogens (tertiary/aromatic N) is 2. The molecule has 3 aliphatic carbocycles. The number of ketones is 2. The van der Waals surface area contributed by atoms with Crippen LogP contribution < -0.4 is 9.64 Å². The molecule has 6 rings (SSSR count). The zero-order valence-corrected chi connectivity index (χ0v) is 21.6. The molecule has 202 valence electrons. The van der Waals surface area contributed by atoms with Crippen molar-refractivity contribution in [1.82, 2.24) is 0 Å². The minimum Gasteiger partial charge on any atom is -0.507 e. The van der Waals surface area contributed by atoms with Gasteiger partial charge in [0.25, 0.3) is 5.69 Å². The summed E-state index contributed by atoms with van der Waals surface area (Å²) in [5, 5.41) is 22.1. The summed E-state index contributed by atoms with van der Waals surface area (Å²) >= 11 is 0. The number of hydrogen-bond donors (Lipinski definition) is 1. The van der Waals surface area contributed by atoms with Crippen LogP contribution in [0.4, 0.5) is 11.4 Å². The van der Waals surface area contributed by atoms with Crippen molar-refractivity contribution in [3.05, 3.63) is 92.6 Å². The number of carbonyl (C=O) groups is 4. The summed E-state index contributed by atoms with van der Waals surface area (Å²) in [5.41, 5.74) is 2.06. The molecule has 40 heavy (non-hydrogen) atoms. The van der Waals surface area contributed by atoms with Gasteiger partial charge in [-0.2, -0.15) is 0 Å². The maximum absolute atomic E-state index is 13.9. The fourth-order valence-corrected chi connectivity index (χ4v) is 6.59. The molecule has 2 amide bonds. The van der Waals surface area contributed by atoms with Crippen molar-refractivity contribution in [2.24, 2.45) is 17.8 Å². The number of rotatable bonds is 4. The summed E-state index contributed by atoms with van der Waals surface area (Å²) in [5.74, 6) is -4.01. The Hall–Kier alpha value is -4.86. The van der Waals surface area contributed by atoms with Crippen LogP contribution in [0.5, 0.6) is 11.5 Å². The van der Waals surface area contributed by atoms with Crippen LogP contribution >= 0.6 is 0 Å². The molecule has 0 saturated carbocycles. The summed E-state index contributed by atoms with van der Waals surface area (Å²) in [6.07, 6.45) is 3.50. The highest BCUT2D eigenvalue weighted by Gasteiger charge is 2.56. The molecule has 2 aromatic rings. The molecule has 10 heteroatoms. The molecular weight excluding hydrogens is 516 g/mol. The number of anilines is 1. The third-order valence-corrected chi connectivity index (χ3v) is 8.43. The van der Waals surface area contributed by atoms with Crippen LogP contribution in [0.15, 0.2) is 76.9 Å². The number of benzene rings is 2. The van der Waals surface area contributed by atoms with Gasteiger partial charge in [-0.1, -0.05) is 17.7 Å². The standard InChI is InChI=1S/C30H24N2O8/c1-14-11-23(33)22-13-21-18(25(27(22)28(14)35)19-8-7-17(40-2)12-24(19)34)9-10-20-26(21)30(37)31(29(20)36)15-3-5-16(6-4-15)32(38)39/h3-9,11-12,20-21,25-26,34H,10,13H2,1-2H3. The van der Waals surface area contributed by atoms with Crippen molar-refractivity contribution in [3.8, 4) is 11.5 Å². The lowest BCUT2D eigenvalue weighted by molar-refractivity contribution is -0.384. The summed E-state index contributed by atoms with van der Waals surface area (Å²) in [6, 6.07) is 9.96. The number of non-ortho nitro benzene ring substituents is 1. The number of nitro groups is 1. The van der Waals surface area contributed by atoms with E-state index in [1.165, 1.54) is 43.5 Å². The van der Waals surface area contributed by atoms with E-state index in [4.69, 9.17) is 4.74 Å². The topological polar surface area (TPSA) is 144 Å². The van der Waals surface area contributed by atoms with E-state index in [9.17, 15) is 34.4 Å². The highest BCUT2D eigenvalue weighted by atomic mass is 16.6. The molecule has 1 fully saturated rings. The van der Waals surface area contributed by atoms with E-state index in [2.05, 4.69) is 0 Å². The van der Waals surface area contributed by atoms with Gasteiger partial charge in [0.1, 0.15) is 11.5 Å². The molecule has 10 nitrogen and oxygen atoms in total. The quantitative estimate of drug-likeness (QED) is 0.202. The Morgan fingerprint density at radius 1 is 1.02 bits per heavy atom. The largest absolute Gasteiger partial charge is 0.507 e. The number of imide groups is 1. The van der Waals surface area contributed by atoms with Crippen LogP contribution in [0.3, 0.4) is 0 Å². The fraction of sp³-hybridized carbons (Fsp3) is 0.267. The first kappa shape index (κ1) is 25.4. The SMILES string of the molecule is COc1ccc(C2C3=CCC4C(=O)N(c5ccc([N+](=O)[O-])cc5)C(=O)C4C3CC3=C2C(=O)C(C)=CC3=O)c(O)c1. The number of methoxy groups -OCH3 is 1.